The number of hydrogen-bond donors (Lipinski definition) is 1. The van der Waals surface area contributed by atoms with Crippen LogP contribution in [0.2, 0.25) is 0 Å². The fourth-order valence-corrected chi connectivity index (χ4v) is 1.12. The molecule has 2 nitrogen and oxygen atoms in total. The van der Waals surface area contributed by atoms with Crippen LogP contribution in [0.25, 0.3) is 0 Å². The zero-order valence-corrected chi connectivity index (χ0v) is 7.11. The van der Waals surface area contributed by atoms with E-state index in [9.17, 15) is 0 Å². The fraction of sp³-hybridized carbons (Fsp3) is 0.444. The summed E-state index contributed by atoms with van der Waals surface area (Å²) in [6.07, 6.45) is 4.58. The molecule has 1 aromatic heterocycles. The Morgan fingerprint density at radius 1 is 1.33 bits per heavy atom. The number of pyridine rings is 1. The maximum absolute atomic E-state index is 8.58. The van der Waals surface area contributed by atoms with Gasteiger partial charge in [-0.15, -0.1) is 0 Å². The predicted molar refractivity (Wildman–Crippen MR) is 47.8 cm³/mol. The Bertz CT molecular complexity index is 240. The first-order chi connectivity index (χ1) is 5.84. The summed E-state index contributed by atoms with van der Waals surface area (Å²) in [6, 6.07) is 5.87. The zero-order valence-electron chi connectivity index (χ0n) is 7.11. The third kappa shape index (κ3) is 2.66. The lowest BCUT2D eigenvalue weighted by Crippen LogP contribution is -2.35. The molecule has 0 spiro atoms. The summed E-state index contributed by atoms with van der Waals surface area (Å²) in [6.45, 7) is 0.261. The highest BCUT2D eigenvalue weighted by Gasteiger charge is 2.02. The second-order valence-corrected chi connectivity index (χ2v) is 2.78. The quantitative estimate of drug-likeness (QED) is 0.497. The van der Waals surface area contributed by atoms with Gasteiger partial charge in [0.25, 0.3) is 0 Å². The van der Waals surface area contributed by atoms with Crippen molar-refractivity contribution in [1.29, 1.82) is 0 Å². The lowest BCUT2D eigenvalue weighted by molar-refractivity contribution is -0.531. The van der Waals surface area contributed by atoms with Crippen molar-refractivity contribution >= 4 is 7.98 Å². The number of aryl methyl sites for hydroxylation is 1. The summed E-state index contributed by atoms with van der Waals surface area (Å²) in [5.74, 6) is 0. The highest BCUT2D eigenvalue weighted by atomic mass is 16.2. The van der Waals surface area contributed by atoms with E-state index in [4.69, 9.17) is 13.1 Å². The van der Waals surface area contributed by atoms with E-state index in [1.807, 2.05) is 24.4 Å². The van der Waals surface area contributed by atoms with Crippen LogP contribution in [0.15, 0.2) is 24.4 Å². The molecular weight excluding hydrogens is 149 g/mol. The molecular formula is C9H13BNO+. The molecule has 0 unspecified atom stereocenters. The third-order valence-electron chi connectivity index (χ3n) is 1.82. The van der Waals surface area contributed by atoms with Crippen LogP contribution < -0.4 is 4.48 Å². The van der Waals surface area contributed by atoms with E-state index >= 15 is 0 Å². The van der Waals surface area contributed by atoms with Crippen LogP contribution in [0.4, 0.5) is 0 Å². The Hall–Kier alpha value is -0.825. The molecule has 0 saturated carbocycles. The molecule has 2 radical (unpaired) electrons. The smallest absolute Gasteiger partial charge is 0.396 e. The minimum Gasteiger partial charge on any atom is -0.396 e. The molecule has 0 aliphatic rings. The van der Waals surface area contributed by atoms with Gasteiger partial charge in [0.2, 0.25) is 0 Å². The number of hydrogen-bond acceptors (Lipinski definition) is 1. The van der Waals surface area contributed by atoms with Crippen LogP contribution in [0.1, 0.15) is 18.5 Å². The first-order valence-electron chi connectivity index (χ1n) is 4.20. The van der Waals surface area contributed by atoms with Crippen molar-refractivity contribution in [2.24, 2.45) is 0 Å². The van der Waals surface area contributed by atoms with Gasteiger partial charge < -0.3 is 5.11 Å². The molecule has 1 rings (SSSR count). The van der Waals surface area contributed by atoms with Crippen LogP contribution >= 0.6 is 0 Å². The molecule has 3 heteroatoms. The summed E-state index contributed by atoms with van der Waals surface area (Å²) in [4.78, 5) is 0. The summed E-state index contributed by atoms with van der Waals surface area (Å²) < 4.78 is 1.62. The topological polar surface area (TPSA) is 24.1 Å². The van der Waals surface area contributed by atoms with Gasteiger partial charge in [-0.2, -0.15) is 0 Å². The predicted octanol–water partition coefficient (Wildman–Crippen LogP) is 0.221. The first-order valence-corrected chi connectivity index (χ1v) is 4.20. The van der Waals surface area contributed by atoms with E-state index in [-0.39, 0.29) is 6.61 Å². The molecule has 1 heterocycles. The van der Waals surface area contributed by atoms with Crippen molar-refractivity contribution in [2.45, 2.75) is 19.3 Å². The van der Waals surface area contributed by atoms with Crippen molar-refractivity contribution in [3.63, 3.8) is 0 Å². The van der Waals surface area contributed by atoms with Crippen molar-refractivity contribution in [1.82, 2.24) is 0 Å². The number of aromatic nitrogens is 1. The minimum atomic E-state index is 0.261. The van der Waals surface area contributed by atoms with Crippen molar-refractivity contribution in [2.75, 3.05) is 6.61 Å². The Morgan fingerprint density at radius 3 is 2.83 bits per heavy atom. The molecule has 0 fully saturated rings. The Kier molecular flexibility index (Phi) is 3.81. The van der Waals surface area contributed by atoms with Crippen LogP contribution in [0.5, 0.6) is 0 Å². The van der Waals surface area contributed by atoms with Gasteiger partial charge in [-0.25, -0.2) is 0 Å². The van der Waals surface area contributed by atoms with E-state index in [2.05, 4.69) is 0 Å². The largest absolute Gasteiger partial charge is 0.586 e. The summed E-state index contributed by atoms with van der Waals surface area (Å²) in [5.41, 5.74) is 1.10. The van der Waals surface area contributed by atoms with Gasteiger partial charge in [0.05, 0.1) is 0 Å². The van der Waals surface area contributed by atoms with Gasteiger partial charge in [-0.3, -0.25) is 4.48 Å². The normalized spacial score (nSPS) is 10.1. The molecule has 0 saturated heterocycles. The average Bonchev–Trinajstić information content (AvgIpc) is 2.09. The lowest BCUT2D eigenvalue weighted by atomic mass is 10.1. The van der Waals surface area contributed by atoms with Gasteiger partial charge in [-0.05, 0) is 18.9 Å². The fourth-order valence-electron chi connectivity index (χ4n) is 1.12. The van der Waals surface area contributed by atoms with E-state index in [1.165, 1.54) is 0 Å². The molecule has 0 amide bonds. The molecule has 62 valence electrons. The highest BCUT2D eigenvalue weighted by molar-refractivity contribution is 5.94. The van der Waals surface area contributed by atoms with Crippen LogP contribution in [0, 0.1) is 0 Å². The number of unbranched alkanes of at least 4 members (excludes halogenated alkanes) is 1. The zero-order chi connectivity index (χ0) is 8.81. The molecule has 0 aromatic carbocycles. The van der Waals surface area contributed by atoms with E-state index in [0.29, 0.717) is 0 Å². The van der Waals surface area contributed by atoms with Crippen molar-refractivity contribution < 1.29 is 9.58 Å². The molecule has 0 bridgehead atoms. The molecule has 1 N–H and O–H groups in total. The molecule has 1 aromatic rings. The third-order valence-corrected chi connectivity index (χ3v) is 1.82. The molecule has 0 aliphatic carbocycles. The maximum Gasteiger partial charge on any atom is 0.586 e. The second kappa shape index (κ2) is 4.93. The molecule has 0 aliphatic heterocycles. The first kappa shape index (κ1) is 9.26. The summed E-state index contributed by atoms with van der Waals surface area (Å²) in [7, 11) is 5.66. The maximum atomic E-state index is 8.58. The number of aliphatic hydroxyl groups excluding tert-OH is 1. The average molecular weight is 162 g/mol. The molecule has 12 heavy (non-hydrogen) atoms. The lowest BCUT2D eigenvalue weighted by Gasteiger charge is -1.98. The Labute approximate surface area is 74.3 Å². The Morgan fingerprint density at radius 2 is 2.17 bits per heavy atom. The standard InChI is InChI=1S/C9H13BNO/c10-11-7-3-1-5-9(11)6-2-4-8-12/h1,3,5,7,12H,2,4,6,8H2/q+1. The minimum absolute atomic E-state index is 0.261. The summed E-state index contributed by atoms with van der Waals surface area (Å²) in [5, 5.41) is 8.58. The monoisotopic (exact) mass is 162 g/mol. The van der Waals surface area contributed by atoms with E-state index in [0.717, 1.165) is 25.0 Å². The van der Waals surface area contributed by atoms with Crippen LogP contribution in [0.3, 0.4) is 0 Å². The van der Waals surface area contributed by atoms with Gasteiger partial charge in [0, 0.05) is 19.1 Å². The number of rotatable bonds is 4. The Balaban J connectivity index is 2.46. The van der Waals surface area contributed by atoms with Gasteiger partial charge in [-0.1, -0.05) is 6.07 Å². The van der Waals surface area contributed by atoms with Gasteiger partial charge in [0.1, 0.15) is 6.20 Å². The molecule has 0 atom stereocenters. The number of nitrogens with zero attached hydrogens (tertiary/aromatic N) is 1. The number of aliphatic hydroxyl groups is 1. The SMILES string of the molecule is [B][n+]1ccccc1CCCCO. The van der Waals surface area contributed by atoms with Crippen molar-refractivity contribution in [3.8, 4) is 0 Å². The van der Waals surface area contributed by atoms with E-state index in [1.54, 1.807) is 4.48 Å². The van der Waals surface area contributed by atoms with Gasteiger partial charge >= 0.3 is 7.98 Å². The van der Waals surface area contributed by atoms with Gasteiger partial charge in [0.15, 0.2) is 5.69 Å². The van der Waals surface area contributed by atoms with E-state index < -0.39 is 0 Å². The summed E-state index contributed by atoms with van der Waals surface area (Å²) >= 11 is 0. The van der Waals surface area contributed by atoms with Crippen LogP contribution in [-0.4, -0.2) is 19.7 Å². The highest BCUT2D eigenvalue weighted by Crippen LogP contribution is 1.98. The second-order valence-electron chi connectivity index (χ2n) is 2.78. The van der Waals surface area contributed by atoms with Crippen molar-refractivity contribution in [3.05, 3.63) is 30.1 Å². The van der Waals surface area contributed by atoms with Crippen LogP contribution in [-0.2, 0) is 6.42 Å².